The molecule has 6 nitrogen and oxygen atoms in total. The molecule has 2 rings (SSSR count). The van der Waals surface area contributed by atoms with Crippen molar-refractivity contribution in [3.63, 3.8) is 0 Å². The minimum atomic E-state index is -1.01. The SMILES string of the molecule is COCCC1CCN(C(=O)CC2(C(=O)O)CCOC2)CC1. The zero-order valence-corrected chi connectivity index (χ0v) is 12.7. The predicted octanol–water partition coefficient (Wildman–Crippen LogP) is 1.14. The largest absolute Gasteiger partial charge is 0.481 e. The number of ether oxygens (including phenoxy) is 2. The monoisotopic (exact) mass is 299 g/mol. The van der Waals surface area contributed by atoms with Crippen LogP contribution in [0, 0.1) is 11.3 Å². The Morgan fingerprint density at radius 2 is 2.10 bits per heavy atom. The van der Waals surface area contributed by atoms with E-state index in [0.717, 1.165) is 39.0 Å². The summed E-state index contributed by atoms with van der Waals surface area (Å²) in [6.07, 6.45) is 3.48. The lowest BCUT2D eigenvalue weighted by molar-refractivity contribution is -0.154. The number of nitrogens with zero attached hydrogens (tertiary/aromatic N) is 1. The van der Waals surface area contributed by atoms with Crippen molar-refractivity contribution in [1.29, 1.82) is 0 Å². The van der Waals surface area contributed by atoms with Crippen molar-refractivity contribution in [3.05, 3.63) is 0 Å². The first-order valence-corrected chi connectivity index (χ1v) is 7.65. The van der Waals surface area contributed by atoms with E-state index in [4.69, 9.17) is 9.47 Å². The Labute approximate surface area is 125 Å². The van der Waals surface area contributed by atoms with Gasteiger partial charge < -0.3 is 19.5 Å². The van der Waals surface area contributed by atoms with Crippen LogP contribution >= 0.6 is 0 Å². The maximum Gasteiger partial charge on any atom is 0.312 e. The van der Waals surface area contributed by atoms with E-state index in [1.807, 2.05) is 4.90 Å². The lowest BCUT2D eigenvalue weighted by atomic mass is 9.83. The van der Waals surface area contributed by atoms with Gasteiger partial charge in [0.15, 0.2) is 0 Å². The van der Waals surface area contributed by atoms with Gasteiger partial charge in [0, 0.05) is 39.8 Å². The van der Waals surface area contributed by atoms with E-state index in [-0.39, 0.29) is 18.9 Å². The van der Waals surface area contributed by atoms with E-state index in [2.05, 4.69) is 0 Å². The second-order valence-corrected chi connectivity index (χ2v) is 6.17. The number of likely N-dealkylation sites (tertiary alicyclic amines) is 1. The lowest BCUT2D eigenvalue weighted by Gasteiger charge is -2.34. The van der Waals surface area contributed by atoms with Gasteiger partial charge in [-0.25, -0.2) is 0 Å². The number of hydrogen-bond acceptors (Lipinski definition) is 4. The van der Waals surface area contributed by atoms with Crippen molar-refractivity contribution in [2.45, 2.75) is 32.1 Å². The van der Waals surface area contributed by atoms with Crippen molar-refractivity contribution in [2.24, 2.45) is 11.3 Å². The summed E-state index contributed by atoms with van der Waals surface area (Å²) >= 11 is 0. The standard InChI is InChI=1S/C15H25NO5/c1-20-8-4-12-2-6-16(7-3-12)13(17)10-15(14(18)19)5-9-21-11-15/h12H,2-11H2,1H3,(H,18,19). The van der Waals surface area contributed by atoms with Crippen LogP contribution in [0.1, 0.15) is 32.1 Å². The van der Waals surface area contributed by atoms with Crippen LogP contribution in [-0.2, 0) is 19.1 Å². The predicted molar refractivity (Wildman–Crippen MR) is 75.9 cm³/mol. The number of aliphatic carboxylic acids is 1. The number of carbonyl (C=O) groups excluding carboxylic acids is 1. The zero-order chi connectivity index (χ0) is 15.3. The molecule has 1 amide bonds. The Morgan fingerprint density at radius 3 is 2.62 bits per heavy atom. The fourth-order valence-electron chi connectivity index (χ4n) is 3.15. The highest BCUT2D eigenvalue weighted by Gasteiger charge is 2.45. The number of hydrogen-bond donors (Lipinski definition) is 1. The summed E-state index contributed by atoms with van der Waals surface area (Å²) < 4.78 is 10.3. The molecule has 0 bridgehead atoms. The molecule has 2 heterocycles. The molecule has 21 heavy (non-hydrogen) atoms. The van der Waals surface area contributed by atoms with Gasteiger partial charge in [0.1, 0.15) is 5.41 Å². The van der Waals surface area contributed by atoms with Crippen LogP contribution in [0.5, 0.6) is 0 Å². The molecular weight excluding hydrogens is 274 g/mol. The van der Waals surface area contributed by atoms with Gasteiger partial charge in [0.2, 0.25) is 5.91 Å². The maximum absolute atomic E-state index is 12.4. The molecule has 2 saturated heterocycles. The van der Waals surface area contributed by atoms with E-state index >= 15 is 0 Å². The highest BCUT2D eigenvalue weighted by atomic mass is 16.5. The van der Waals surface area contributed by atoms with Crippen LogP contribution in [0.15, 0.2) is 0 Å². The lowest BCUT2D eigenvalue weighted by Crippen LogP contribution is -2.43. The van der Waals surface area contributed by atoms with Crippen LogP contribution in [-0.4, -0.2) is 61.9 Å². The molecular formula is C15H25NO5. The van der Waals surface area contributed by atoms with Gasteiger partial charge in [-0.15, -0.1) is 0 Å². The number of rotatable bonds is 6. The molecule has 1 atom stereocenters. The Kier molecular flexibility index (Phi) is 5.58. The summed E-state index contributed by atoms with van der Waals surface area (Å²) in [6.45, 7) is 2.79. The average molecular weight is 299 g/mol. The normalized spacial score (nSPS) is 27.0. The molecule has 0 aliphatic carbocycles. The van der Waals surface area contributed by atoms with Crippen molar-refractivity contribution in [2.75, 3.05) is 40.0 Å². The van der Waals surface area contributed by atoms with Crippen molar-refractivity contribution < 1.29 is 24.2 Å². The molecule has 0 aromatic carbocycles. The number of piperidine rings is 1. The number of amides is 1. The molecule has 2 aliphatic rings. The first-order chi connectivity index (χ1) is 10.1. The fourth-order valence-corrected chi connectivity index (χ4v) is 3.15. The number of carboxylic acids is 1. The molecule has 0 aromatic rings. The van der Waals surface area contributed by atoms with Gasteiger partial charge in [-0.1, -0.05) is 0 Å². The van der Waals surface area contributed by atoms with Gasteiger partial charge in [0.25, 0.3) is 0 Å². The van der Waals surface area contributed by atoms with Crippen LogP contribution in [0.2, 0.25) is 0 Å². The summed E-state index contributed by atoms with van der Waals surface area (Å²) in [7, 11) is 1.70. The molecule has 2 aliphatic heterocycles. The summed E-state index contributed by atoms with van der Waals surface area (Å²) in [5, 5.41) is 9.39. The van der Waals surface area contributed by atoms with Gasteiger partial charge in [-0.2, -0.15) is 0 Å². The van der Waals surface area contributed by atoms with E-state index in [1.165, 1.54) is 0 Å². The molecule has 0 aromatic heterocycles. The van der Waals surface area contributed by atoms with Crippen LogP contribution in [0.3, 0.4) is 0 Å². The Bertz CT molecular complexity index is 370. The quantitative estimate of drug-likeness (QED) is 0.796. The fraction of sp³-hybridized carbons (Fsp3) is 0.867. The first-order valence-electron chi connectivity index (χ1n) is 7.65. The van der Waals surface area contributed by atoms with Gasteiger partial charge in [-0.3, -0.25) is 9.59 Å². The third-order valence-corrected chi connectivity index (χ3v) is 4.74. The molecule has 6 heteroatoms. The smallest absolute Gasteiger partial charge is 0.312 e. The number of carboxylic acid groups (broad SMARTS) is 1. The molecule has 0 spiro atoms. The van der Waals surface area contributed by atoms with Crippen LogP contribution in [0.4, 0.5) is 0 Å². The second kappa shape index (κ2) is 7.22. The summed E-state index contributed by atoms with van der Waals surface area (Å²) in [4.78, 5) is 25.6. The van der Waals surface area contributed by atoms with Gasteiger partial charge in [0.05, 0.1) is 6.61 Å². The summed E-state index contributed by atoms with van der Waals surface area (Å²) in [5.41, 5.74) is -1.01. The number of carbonyl (C=O) groups is 2. The van der Waals surface area contributed by atoms with E-state index in [0.29, 0.717) is 18.9 Å². The van der Waals surface area contributed by atoms with E-state index < -0.39 is 11.4 Å². The van der Waals surface area contributed by atoms with Crippen LogP contribution in [0.25, 0.3) is 0 Å². The third-order valence-electron chi connectivity index (χ3n) is 4.74. The van der Waals surface area contributed by atoms with Gasteiger partial charge >= 0.3 is 5.97 Å². The minimum absolute atomic E-state index is 0.0481. The Morgan fingerprint density at radius 1 is 1.38 bits per heavy atom. The third kappa shape index (κ3) is 3.95. The van der Waals surface area contributed by atoms with Crippen LogP contribution < -0.4 is 0 Å². The Hall–Kier alpha value is -1.14. The first kappa shape index (κ1) is 16.2. The number of methoxy groups -OCH3 is 1. The van der Waals surface area contributed by atoms with E-state index in [1.54, 1.807) is 7.11 Å². The second-order valence-electron chi connectivity index (χ2n) is 6.17. The highest BCUT2D eigenvalue weighted by Crippen LogP contribution is 2.34. The minimum Gasteiger partial charge on any atom is -0.481 e. The van der Waals surface area contributed by atoms with Gasteiger partial charge in [-0.05, 0) is 31.6 Å². The average Bonchev–Trinajstić information content (AvgIpc) is 2.95. The molecule has 0 radical (unpaired) electrons. The van der Waals surface area contributed by atoms with E-state index in [9.17, 15) is 14.7 Å². The van der Waals surface area contributed by atoms with Crippen molar-refractivity contribution >= 4 is 11.9 Å². The summed E-state index contributed by atoms with van der Waals surface area (Å²) in [5.74, 6) is -0.353. The molecule has 1 unspecified atom stereocenters. The molecule has 0 saturated carbocycles. The molecule has 2 fully saturated rings. The maximum atomic E-state index is 12.4. The van der Waals surface area contributed by atoms with Crippen molar-refractivity contribution in [3.8, 4) is 0 Å². The topological polar surface area (TPSA) is 76.1 Å². The summed E-state index contributed by atoms with van der Waals surface area (Å²) in [6, 6.07) is 0. The Balaban J connectivity index is 1.83. The zero-order valence-electron chi connectivity index (χ0n) is 12.7. The molecule has 120 valence electrons. The molecule has 1 N–H and O–H groups in total. The highest BCUT2D eigenvalue weighted by molar-refractivity contribution is 5.85. The van der Waals surface area contributed by atoms with Crippen molar-refractivity contribution in [1.82, 2.24) is 4.90 Å².